The Morgan fingerprint density at radius 2 is 2.05 bits per heavy atom. The predicted molar refractivity (Wildman–Crippen MR) is 74.6 cm³/mol. The molecule has 2 rings (SSSR count). The van der Waals surface area contributed by atoms with Crippen LogP contribution in [0, 0.1) is 11.2 Å². The van der Waals surface area contributed by atoms with Gasteiger partial charge in [0.15, 0.2) is 0 Å². The first-order valence-electron chi connectivity index (χ1n) is 6.23. The van der Waals surface area contributed by atoms with Crippen molar-refractivity contribution in [2.24, 2.45) is 5.41 Å². The topological polar surface area (TPSA) is 57.6 Å². The molecule has 6 heteroatoms. The Morgan fingerprint density at radius 3 is 2.65 bits per heavy atom. The summed E-state index contributed by atoms with van der Waals surface area (Å²) in [4.78, 5) is 25.0. The van der Waals surface area contributed by atoms with Gasteiger partial charge in [-0.15, -0.1) is 0 Å². The number of rotatable bonds is 2. The molecule has 0 radical (unpaired) electrons. The summed E-state index contributed by atoms with van der Waals surface area (Å²) in [5.41, 5.74) is 0.241. The van der Waals surface area contributed by atoms with Gasteiger partial charge in [0.25, 0.3) is 0 Å². The molecular formula is C14H15BrFNO3. The number of carbonyl (C=O) groups excluding carboxylic acids is 1. The van der Waals surface area contributed by atoms with Gasteiger partial charge < -0.3 is 10.0 Å². The summed E-state index contributed by atoms with van der Waals surface area (Å²) in [7, 11) is 0. The minimum Gasteiger partial charge on any atom is -0.480 e. The van der Waals surface area contributed by atoms with Crippen LogP contribution in [0.5, 0.6) is 0 Å². The van der Waals surface area contributed by atoms with Crippen LogP contribution in [0.15, 0.2) is 16.6 Å². The van der Waals surface area contributed by atoms with Crippen LogP contribution in [0.25, 0.3) is 0 Å². The number of benzene rings is 1. The minimum atomic E-state index is -1.45. The van der Waals surface area contributed by atoms with Crippen LogP contribution < -0.4 is 0 Å². The number of hydrogen-bond donors (Lipinski definition) is 1. The van der Waals surface area contributed by atoms with E-state index in [2.05, 4.69) is 15.9 Å². The highest BCUT2D eigenvalue weighted by Gasteiger charge is 2.40. The number of carboxylic acid groups (broad SMARTS) is 1. The molecule has 1 aromatic carbocycles. The number of aliphatic carboxylic acids is 1. The highest BCUT2D eigenvalue weighted by Crippen LogP contribution is 2.30. The maximum Gasteiger partial charge on any atom is 0.318 e. The highest BCUT2D eigenvalue weighted by molar-refractivity contribution is 9.10. The number of carboxylic acids is 1. The highest BCUT2D eigenvalue weighted by atomic mass is 79.9. The van der Waals surface area contributed by atoms with Gasteiger partial charge >= 0.3 is 5.97 Å². The lowest BCUT2D eigenvalue weighted by atomic mass is 9.90. The lowest BCUT2D eigenvalue weighted by Crippen LogP contribution is -2.47. The van der Waals surface area contributed by atoms with Crippen molar-refractivity contribution in [3.05, 3.63) is 33.5 Å². The molecule has 1 N–H and O–H groups in total. The third-order valence-corrected chi connectivity index (χ3v) is 4.32. The van der Waals surface area contributed by atoms with Crippen molar-refractivity contribution in [3.8, 4) is 0 Å². The van der Waals surface area contributed by atoms with Crippen LogP contribution in [0.3, 0.4) is 0 Å². The van der Waals surface area contributed by atoms with E-state index in [4.69, 9.17) is 5.11 Å². The molecule has 0 bridgehead atoms. The Morgan fingerprint density at radius 1 is 1.40 bits per heavy atom. The number of nitrogens with zero attached hydrogens (tertiary/aromatic N) is 1. The van der Waals surface area contributed by atoms with Crippen LogP contribution in [-0.4, -0.2) is 28.4 Å². The van der Waals surface area contributed by atoms with E-state index in [1.165, 1.54) is 30.9 Å². The van der Waals surface area contributed by atoms with Gasteiger partial charge in [0.2, 0.25) is 5.91 Å². The molecule has 1 aromatic rings. The number of halogens is 2. The van der Waals surface area contributed by atoms with Crippen molar-refractivity contribution in [1.29, 1.82) is 0 Å². The van der Waals surface area contributed by atoms with E-state index >= 15 is 0 Å². The summed E-state index contributed by atoms with van der Waals surface area (Å²) in [5, 5.41) is 9.12. The molecule has 1 amide bonds. The van der Waals surface area contributed by atoms with Gasteiger partial charge in [-0.2, -0.15) is 0 Å². The number of carbonyl (C=O) groups is 2. The molecule has 108 valence electrons. The fourth-order valence-corrected chi connectivity index (χ4v) is 2.84. The average Bonchev–Trinajstić information content (AvgIpc) is 2.37. The van der Waals surface area contributed by atoms with Crippen molar-refractivity contribution in [3.63, 3.8) is 0 Å². The van der Waals surface area contributed by atoms with E-state index in [-0.39, 0.29) is 5.82 Å². The van der Waals surface area contributed by atoms with E-state index in [0.717, 1.165) is 11.1 Å². The van der Waals surface area contributed by atoms with E-state index < -0.39 is 17.3 Å². The lowest BCUT2D eigenvalue weighted by molar-refractivity contribution is -0.158. The zero-order valence-electron chi connectivity index (χ0n) is 11.2. The molecular weight excluding hydrogens is 329 g/mol. The smallest absolute Gasteiger partial charge is 0.318 e. The van der Waals surface area contributed by atoms with Crippen molar-refractivity contribution in [2.75, 3.05) is 6.54 Å². The molecule has 0 fully saturated rings. The Kier molecular flexibility index (Phi) is 3.86. The normalized spacial score (nSPS) is 14.9. The Bertz CT molecular complexity index is 586. The summed E-state index contributed by atoms with van der Waals surface area (Å²) < 4.78 is 13.9. The van der Waals surface area contributed by atoms with Crippen molar-refractivity contribution < 1.29 is 19.1 Å². The molecule has 4 nitrogen and oxygen atoms in total. The number of hydrogen-bond acceptors (Lipinski definition) is 2. The second-order valence-corrected chi connectivity index (χ2v) is 6.29. The van der Waals surface area contributed by atoms with Gasteiger partial charge in [0.1, 0.15) is 11.2 Å². The standard InChI is InChI=1S/C14H15BrFNO3/c1-14(2,13(19)20)12(18)17-4-3-8-5-9(16)6-11(15)10(8)7-17/h5-6H,3-4,7H2,1-2H3,(H,19,20). The molecule has 0 atom stereocenters. The summed E-state index contributed by atoms with van der Waals surface area (Å²) in [5.74, 6) is -1.89. The largest absolute Gasteiger partial charge is 0.480 e. The van der Waals surface area contributed by atoms with Crippen LogP contribution in [-0.2, 0) is 22.6 Å². The first-order valence-corrected chi connectivity index (χ1v) is 7.02. The number of amides is 1. The van der Waals surface area contributed by atoms with Gasteiger partial charge in [-0.05, 0) is 43.5 Å². The second kappa shape index (κ2) is 5.16. The van der Waals surface area contributed by atoms with Gasteiger partial charge in [-0.3, -0.25) is 9.59 Å². The second-order valence-electron chi connectivity index (χ2n) is 5.43. The van der Waals surface area contributed by atoms with Crippen LogP contribution in [0.1, 0.15) is 25.0 Å². The summed E-state index contributed by atoms with van der Waals surface area (Å²) in [6, 6.07) is 2.82. The van der Waals surface area contributed by atoms with E-state index in [9.17, 15) is 14.0 Å². The van der Waals surface area contributed by atoms with Gasteiger partial charge in [0.05, 0.1) is 0 Å². The van der Waals surface area contributed by atoms with Crippen LogP contribution in [0.2, 0.25) is 0 Å². The summed E-state index contributed by atoms with van der Waals surface area (Å²) in [6.07, 6.45) is 0.521. The third kappa shape index (κ3) is 2.57. The zero-order chi connectivity index (χ0) is 15.1. The quantitative estimate of drug-likeness (QED) is 0.839. The lowest BCUT2D eigenvalue weighted by Gasteiger charge is -2.33. The summed E-state index contributed by atoms with van der Waals surface area (Å²) in [6.45, 7) is 3.49. The molecule has 0 aromatic heterocycles. The average molecular weight is 344 g/mol. The Balaban J connectivity index is 2.28. The summed E-state index contributed by atoms with van der Waals surface area (Å²) >= 11 is 3.29. The first kappa shape index (κ1) is 15.0. The SMILES string of the molecule is CC(C)(C(=O)O)C(=O)N1CCc2cc(F)cc(Br)c2C1. The van der Waals surface area contributed by atoms with Crippen LogP contribution >= 0.6 is 15.9 Å². The Labute approximate surface area is 124 Å². The Hall–Kier alpha value is -1.43. The van der Waals surface area contributed by atoms with Gasteiger partial charge in [-0.25, -0.2) is 4.39 Å². The molecule has 0 unspecified atom stereocenters. The van der Waals surface area contributed by atoms with E-state index in [1.807, 2.05) is 0 Å². The molecule has 0 spiro atoms. The molecule has 0 saturated carbocycles. The zero-order valence-corrected chi connectivity index (χ0v) is 12.8. The maximum absolute atomic E-state index is 13.3. The maximum atomic E-state index is 13.3. The van der Waals surface area contributed by atoms with Crippen molar-refractivity contribution >= 4 is 27.8 Å². The third-order valence-electron chi connectivity index (χ3n) is 3.61. The van der Waals surface area contributed by atoms with Crippen LogP contribution in [0.4, 0.5) is 4.39 Å². The van der Waals surface area contributed by atoms with Gasteiger partial charge in [0, 0.05) is 17.6 Å². The predicted octanol–water partition coefficient (Wildman–Crippen LogP) is 2.58. The minimum absolute atomic E-state index is 0.297. The fourth-order valence-electron chi connectivity index (χ4n) is 2.24. The molecule has 20 heavy (non-hydrogen) atoms. The van der Waals surface area contributed by atoms with E-state index in [0.29, 0.717) is 24.0 Å². The molecule has 1 heterocycles. The number of fused-ring (bicyclic) bond motifs is 1. The molecule has 0 aliphatic carbocycles. The molecule has 0 saturated heterocycles. The van der Waals surface area contributed by atoms with Gasteiger partial charge in [-0.1, -0.05) is 15.9 Å². The first-order chi connectivity index (χ1) is 9.23. The van der Waals surface area contributed by atoms with E-state index in [1.54, 1.807) is 0 Å². The molecule has 1 aliphatic heterocycles. The molecule has 1 aliphatic rings. The monoisotopic (exact) mass is 343 g/mol. The van der Waals surface area contributed by atoms with Crippen molar-refractivity contribution in [1.82, 2.24) is 4.90 Å². The van der Waals surface area contributed by atoms with Crippen molar-refractivity contribution in [2.45, 2.75) is 26.8 Å². The fraction of sp³-hybridized carbons (Fsp3) is 0.429.